The normalized spacial score (nSPS) is 23.5. The molecule has 3 heterocycles. The van der Waals surface area contributed by atoms with Gasteiger partial charge >= 0.3 is 0 Å². The van der Waals surface area contributed by atoms with Crippen molar-refractivity contribution >= 4 is 11.8 Å². The van der Waals surface area contributed by atoms with Crippen molar-refractivity contribution in [1.82, 2.24) is 10.1 Å². The first kappa shape index (κ1) is 17.4. The third-order valence-electron chi connectivity index (χ3n) is 5.10. The van der Waals surface area contributed by atoms with Gasteiger partial charge in [0.25, 0.3) is 0 Å². The monoisotopic (exact) mass is 337 g/mol. The number of hydrogen-bond acceptors (Lipinski definition) is 6. The van der Waals surface area contributed by atoms with Crippen LogP contribution < -0.4 is 5.32 Å². The highest BCUT2D eigenvalue weighted by Gasteiger charge is 2.36. The number of carbonyl (C=O) groups is 1. The van der Waals surface area contributed by atoms with Crippen LogP contribution in [0.1, 0.15) is 45.2 Å². The number of rotatable bonds is 5. The SMILES string of the molecule is CC(C)(CO)c1cc(NC(=O)C2CCCN2C2CCOCC2)on1. The lowest BCUT2D eigenvalue weighted by atomic mass is 9.91. The third-order valence-corrected chi connectivity index (χ3v) is 5.10. The molecule has 2 fully saturated rings. The number of amides is 1. The van der Waals surface area contributed by atoms with E-state index < -0.39 is 5.41 Å². The van der Waals surface area contributed by atoms with Gasteiger partial charge in [-0.1, -0.05) is 19.0 Å². The molecule has 0 spiro atoms. The zero-order valence-electron chi connectivity index (χ0n) is 14.5. The van der Waals surface area contributed by atoms with E-state index in [1.165, 1.54) is 0 Å². The van der Waals surface area contributed by atoms with Gasteiger partial charge in [0.2, 0.25) is 11.8 Å². The van der Waals surface area contributed by atoms with Gasteiger partial charge in [0.15, 0.2) is 0 Å². The van der Waals surface area contributed by atoms with Crippen molar-refractivity contribution in [2.24, 2.45) is 0 Å². The number of anilines is 1. The minimum atomic E-state index is -0.492. The number of aliphatic hydroxyl groups excluding tert-OH is 1. The predicted octanol–water partition coefficient (Wildman–Crippen LogP) is 1.53. The first-order valence-corrected chi connectivity index (χ1v) is 8.73. The molecule has 24 heavy (non-hydrogen) atoms. The Hall–Kier alpha value is -1.44. The van der Waals surface area contributed by atoms with Gasteiger partial charge < -0.3 is 14.4 Å². The molecule has 1 amide bonds. The average Bonchev–Trinajstić information content (AvgIpc) is 3.25. The van der Waals surface area contributed by atoms with Gasteiger partial charge in [0, 0.05) is 30.7 Å². The average molecular weight is 337 g/mol. The maximum absolute atomic E-state index is 12.7. The summed E-state index contributed by atoms with van der Waals surface area (Å²) in [6, 6.07) is 2.00. The Kier molecular flexibility index (Phi) is 5.22. The summed E-state index contributed by atoms with van der Waals surface area (Å²) in [5, 5.41) is 16.2. The number of nitrogens with zero attached hydrogens (tertiary/aromatic N) is 2. The van der Waals surface area contributed by atoms with Crippen LogP contribution in [-0.2, 0) is 14.9 Å². The van der Waals surface area contributed by atoms with Crippen LogP contribution in [0.3, 0.4) is 0 Å². The molecule has 1 aromatic rings. The maximum atomic E-state index is 12.7. The van der Waals surface area contributed by atoms with E-state index in [9.17, 15) is 9.90 Å². The summed E-state index contributed by atoms with van der Waals surface area (Å²) in [7, 11) is 0. The van der Waals surface area contributed by atoms with E-state index in [-0.39, 0.29) is 18.6 Å². The smallest absolute Gasteiger partial charge is 0.244 e. The Morgan fingerprint density at radius 1 is 1.42 bits per heavy atom. The maximum Gasteiger partial charge on any atom is 0.244 e. The first-order chi connectivity index (χ1) is 11.5. The topological polar surface area (TPSA) is 87.8 Å². The van der Waals surface area contributed by atoms with Crippen LogP contribution in [-0.4, -0.2) is 59.5 Å². The number of nitrogens with one attached hydrogen (secondary N) is 1. The molecule has 2 saturated heterocycles. The molecule has 1 atom stereocenters. The van der Waals surface area contributed by atoms with Crippen molar-refractivity contribution in [3.63, 3.8) is 0 Å². The molecule has 7 heteroatoms. The Morgan fingerprint density at radius 3 is 2.88 bits per heavy atom. The van der Waals surface area contributed by atoms with Crippen molar-refractivity contribution in [3.05, 3.63) is 11.8 Å². The van der Waals surface area contributed by atoms with Crippen molar-refractivity contribution in [1.29, 1.82) is 0 Å². The van der Waals surface area contributed by atoms with Gasteiger partial charge in [0.1, 0.15) is 0 Å². The summed E-state index contributed by atoms with van der Waals surface area (Å²) in [6.45, 7) is 6.23. The second-order valence-electron chi connectivity index (χ2n) is 7.35. The molecule has 7 nitrogen and oxygen atoms in total. The summed E-state index contributed by atoms with van der Waals surface area (Å²) in [6.07, 6.45) is 3.88. The van der Waals surface area contributed by atoms with E-state index in [2.05, 4.69) is 15.4 Å². The molecule has 2 aliphatic rings. The van der Waals surface area contributed by atoms with Crippen LogP contribution in [0.5, 0.6) is 0 Å². The fourth-order valence-electron chi connectivity index (χ4n) is 3.46. The van der Waals surface area contributed by atoms with Crippen LogP contribution in [0.25, 0.3) is 0 Å². The molecule has 1 aromatic heterocycles. The van der Waals surface area contributed by atoms with Crippen molar-refractivity contribution in [2.45, 2.75) is 57.0 Å². The number of aromatic nitrogens is 1. The molecule has 0 aromatic carbocycles. The summed E-state index contributed by atoms with van der Waals surface area (Å²) < 4.78 is 10.7. The van der Waals surface area contributed by atoms with Crippen LogP contribution >= 0.6 is 0 Å². The molecule has 0 bridgehead atoms. The number of aliphatic hydroxyl groups is 1. The van der Waals surface area contributed by atoms with Crippen LogP contribution in [0.4, 0.5) is 5.88 Å². The Balaban J connectivity index is 1.63. The number of ether oxygens (including phenoxy) is 1. The first-order valence-electron chi connectivity index (χ1n) is 8.73. The Labute approximate surface area is 142 Å². The number of likely N-dealkylation sites (tertiary alicyclic amines) is 1. The Bertz CT molecular complexity index is 566. The second kappa shape index (κ2) is 7.21. The van der Waals surface area contributed by atoms with Crippen LogP contribution in [0, 0.1) is 0 Å². The third kappa shape index (κ3) is 3.63. The van der Waals surface area contributed by atoms with Crippen molar-refractivity contribution in [3.8, 4) is 0 Å². The number of hydrogen-bond donors (Lipinski definition) is 2. The fraction of sp³-hybridized carbons (Fsp3) is 0.765. The summed E-state index contributed by atoms with van der Waals surface area (Å²) in [5.41, 5.74) is 0.140. The molecule has 2 N–H and O–H groups in total. The van der Waals surface area contributed by atoms with E-state index in [4.69, 9.17) is 9.26 Å². The molecule has 1 unspecified atom stereocenters. The van der Waals surface area contributed by atoms with Gasteiger partial charge in [-0.2, -0.15) is 0 Å². The van der Waals surface area contributed by atoms with Crippen LogP contribution in [0.2, 0.25) is 0 Å². The number of carbonyl (C=O) groups excluding carboxylic acids is 1. The lowest BCUT2D eigenvalue weighted by molar-refractivity contribution is -0.121. The largest absolute Gasteiger partial charge is 0.395 e. The highest BCUT2D eigenvalue weighted by Crippen LogP contribution is 2.27. The molecule has 2 aliphatic heterocycles. The second-order valence-corrected chi connectivity index (χ2v) is 7.35. The zero-order valence-corrected chi connectivity index (χ0v) is 14.5. The highest BCUT2D eigenvalue weighted by atomic mass is 16.5. The molecule has 0 aliphatic carbocycles. The fourth-order valence-corrected chi connectivity index (χ4v) is 3.46. The molecule has 0 saturated carbocycles. The van der Waals surface area contributed by atoms with Crippen molar-refractivity contribution in [2.75, 3.05) is 31.7 Å². The van der Waals surface area contributed by atoms with Crippen LogP contribution in [0.15, 0.2) is 10.6 Å². The quantitative estimate of drug-likeness (QED) is 0.847. The summed E-state index contributed by atoms with van der Waals surface area (Å²) in [5.74, 6) is 0.304. The van der Waals surface area contributed by atoms with E-state index >= 15 is 0 Å². The van der Waals surface area contributed by atoms with E-state index in [0.717, 1.165) is 45.4 Å². The van der Waals surface area contributed by atoms with E-state index in [1.807, 2.05) is 13.8 Å². The lowest BCUT2D eigenvalue weighted by Crippen LogP contribution is -2.47. The lowest BCUT2D eigenvalue weighted by Gasteiger charge is -2.34. The van der Waals surface area contributed by atoms with Gasteiger partial charge in [-0.15, -0.1) is 0 Å². The van der Waals surface area contributed by atoms with Gasteiger partial charge in [0.05, 0.1) is 18.3 Å². The van der Waals surface area contributed by atoms with Gasteiger partial charge in [-0.05, 0) is 32.2 Å². The molecule has 3 rings (SSSR count). The zero-order chi connectivity index (χ0) is 17.2. The van der Waals surface area contributed by atoms with Crippen molar-refractivity contribution < 1.29 is 19.2 Å². The summed E-state index contributed by atoms with van der Waals surface area (Å²) in [4.78, 5) is 15.0. The minimum Gasteiger partial charge on any atom is -0.395 e. The molecule has 0 radical (unpaired) electrons. The van der Waals surface area contributed by atoms with E-state index in [1.54, 1.807) is 6.07 Å². The summed E-state index contributed by atoms with van der Waals surface area (Å²) >= 11 is 0. The molecular weight excluding hydrogens is 310 g/mol. The van der Waals surface area contributed by atoms with E-state index in [0.29, 0.717) is 17.6 Å². The van der Waals surface area contributed by atoms with Gasteiger partial charge in [-0.25, -0.2) is 0 Å². The standard InChI is InChI=1S/C17H27N3O4/c1-17(2,11-21)14-10-15(24-19-14)18-16(22)13-4-3-7-20(13)12-5-8-23-9-6-12/h10,12-13,21H,3-9,11H2,1-2H3,(H,18,22). The molecule has 134 valence electrons. The van der Waals surface area contributed by atoms with Gasteiger partial charge in [-0.3, -0.25) is 15.0 Å². The Morgan fingerprint density at radius 2 is 2.17 bits per heavy atom. The molecular formula is C17H27N3O4. The minimum absolute atomic E-state index is 0.0346. The predicted molar refractivity (Wildman–Crippen MR) is 88.8 cm³/mol. The highest BCUT2D eigenvalue weighted by molar-refractivity contribution is 5.94.